The largest absolute Gasteiger partial charge is 0.493 e. The van der Waals surface area contributed by atoms with Crippen molar-refractivity contribution in [2.75, 3.05) is 64.2 Å². The number of hydrogen-bond donors (Lipinski definition) is 1. The van der Waals surface area contributed by atoms with Crippen LogP contribution >= 0.6 is 0 Å². The highest BCUT2D eigenvalue weighted by molar-refractivity contribution is 5.91. The smallest absolute Gasteiger partial charge is 0.227 e. The molecule has 1 saturated heterocycles. The number of aromatic nitrogens is 2. The highest BCUT2D eigenvalue weighted by atomic mass is 16.6. The van der Waals surface area contributed by atoms with E-state index in [1.165, 1.54) is 0 Å². The molecule has 1 unspecified atom stereocenters. The minimum absolute atomic E-state index is 0.393. The van der Waals surface area contributed by atoms with Gasteiger partial charge in [-0.15, -0.1) is 0 Å². The van der Waals surface area contributed by atoms with Gasteiger partial charge in [-0.1, -0.05) is 12.1 Å². The van der Waals surface area contributed by atoms with Crippen molar-refractivity contribution in [3.8, 4) is 23.0 Å². The standard InChI is InChI=1S/C24H29N5O4/c1-24(15-32-18-6-4-5-7-19(18)33-24)14-28-8-10-29(11-9-28)23-26-17-13-21(31-3)20(30-2)12-16(17)22(25)27-23/h4-7,12-13H,8-11,14-15H2,1-3H3,(H2,25,26,27). The molecule has 174 valence electrons. The maximum Gasteiger partial charge on any atom is 0.227 e. The van der Waals surface area contributed by atoms with Gasteiger partial charge in [-0.05, 0) is 25.1 Å². The Labute approximate surface area is 193 Å². The first-order valence-corrected chi connectivity index (χ1v) is 11.1. The predicted molar refractivity (Wildman–Crippen MR) is 127 cm³/mol. The summed E-state index contributed by atoms with van der Waals surface area (Å²) in [6.07, 6.45) is 0. The highest BCUT2D eigenvalue weighted by Crippen LogP contribution is 2.36. The molecule has 5 rings (SSSR count). The van der Waals surface area contributed by atoms with Crippen LogP contribution in [0.4, 0.5) is 11.8 Å². The van der Waals surface area contributed by atoms with Crippen LogP contribution in [-0.4, -0.2) is 74.0 Å². The lowest BCUT2D eigenvalue weighted by Crippen LogP contribution is -2.56. The summed E-state index contributed by atoms with van der Waals surface area (Å²) in [5.41, 5.74) is 6.61. The quantitative estimate of drug-likeness (QED) is 0.628. The minimum Gasteiger partial charge on any atom is -0.493 e. The van der Waals surface area contributed by atoms with Crippen LogP contribution in [0.1, 0.15) is 6.92 Å². The fourth-order valence-electron chi connectivity index (χ4n) is 4.44. The van der Waals surface area contributed by atoms with E-state index in [4.69, 9.17) is 29.7 Å². The van der Waals surface area contributed by atoms with Gasteiger partial charge in [0, 0.05) is 44.2 Å². The van der Waals surface area contributed by atoms with Crippen LogP contribution < -0.4 is 29.6 Å². The van der Waals surface area contributed by atoms with Gasteiger partial charge in [-0.25, -0.2) is 4.98 Å². The number of nitrogen functional groups attached to an aromatic ring is 1. The summed E-state index contributed by atoms with van der Waals surface area (Å²) in [6, 6.07) is 11.5. The van der Waals surface area contributed by atoms with E-state index in [-0.39, 0.29) is 0 Å². The zero-order chi connectivity index (χ0) is 23.0. The van der Waals surface area contributed by atoms with E-state index in [9.17, 15) is 0 Å². The Morgan fingerprint density at radius 1 is 1.00 bits per heavy atom. The van der Waals surface area contributed by atoms with Gasteiger partial charge in [0.15, 0.2) is 28.6 Å². The summed E-state index contributed by atoms with van der Waals surface area (Å²) in [4.78, 5) is 13.9. The van der Waals surface area contributed by atoms with Gasteiger partial charge in [0.05, 0.1) is 19.7 Å². The molecule has 2 aliphatic rings. The topological polar surface area (TPSA) is 95.2 Å². The van der Waals surface area contributed by atoms with Crippen LogP contribution in [0, 0.1) is 0 Å². The van der Waals surface area contributed by atoms with Gasteiger partial charge in [0.2, 0.25) is 5.95 Å². The SMILES string of the molecule is COc1cc2nc(N3CCN(CC4(C)COc5ccccc5O4)CC3)nc(N)c2cc1OC. The van der Waals surface area contributed by atoms with E-state index in [1.54, 1.807) is 14.2 Å². The van der Waals surface area contributed by atoms with Crippen molar-refractivity contribution in [2.24, 2.45) is 0 Å². The normalized spacial score (nSPS) is 20.6. The maximum atomic E-state index is 6.29. The van der Waals surface area contributed by atoms with Crippen molar-refractivity contribution in [2.45, 2.75) is 12.5 Å². The second-order valence-corrected chi connectivity index (χ2v) is 8.68. The van der Waals surface area contributed by atoms with Crippen LogP contribution in [0.3, 0.4) is 0 Å². The van der Waals surface area contributed by atoms with E-state index in [0.717, 1.165) is 55.1 Å². The van der Waals surface area contributed by atoms with Crippen molar-refractivity contribution in [1.82, 2.24) is 14.9 Å². The number of rotatable bonds is 5. The molecule has 1 atom stereocenters. The van der Waals surface area contributed by atoms with Gasteiger partial charge in [-0.2, -0.15) is 4.98 Å². The number of benzene rings is 2. The monoisotopic (exact) mass is 451 g/mol. The van der Waals surface area contributed by atoms with Crippen LogP contribution in [0.15, 0.2) is 36.4 Å². The molecule has 3 heterocycles. The number of ether oxygens (including phenoxy) is 4. The molecule has 0 saturated carbocycles. The number of piperazine rings is 1. The number of para-hydroxylation sites is 2. The average Bonchev–Trinajstić information content (AvgIpc) is 2.83. The molecule has 0 radical (unpaired) electrons. The number of anilines is 2. The minimum atomic E-state index is -0.393. The summed E-state index contributed by atoms with van der Waals surface area (Å²) in [7, 11) is 3.20. The van der Waals surface area contributed by atoms with E-state index < -0.39 is 5.60 Å². The Morgan fingerprint density at radius 3 is 2.42 bits per heavy atom. The molecule has 2 aromatic carbocycles. The zero-order valence-corrected chi connectivity index (χ0v) is 19.2. The molecular formula is C24H29N5O4. The third kappa shape index (κ3) is 4.16. The van der Waals surface area contributed by atoms with Gasteiger partial charge in [0.1, 0.15) is 12.4 Å². The van der Waals surface area contributed by atoms with E-state index >= 15 is 0 Å². The van der Waals surface area contributed by atoms with Gasteiger partial charge < -0.3 is 29.6 Å². The Hall–Kier alpha value is -3.46. The van der Waals surface area contributed by atoms with Crippen molar-refractivity contribution < 1.29 is 18.9 Å². The molecule has 2 aliphatic heterocycles. The second kappa shape index (κ2) is 8.47. The van der Waals surface area contributed by atoms with E-state index in [2.05, 4.69) is 21.7 Å². The predicted octanol–water partition coefficient (Wildman–Crippen LogP) is 2.58. The Kier molecular flexibility index (Phi) is 5.49. The number of nitrogens with two attached hydrogens (primary N) is 1. The molecule has 0 amide bonds. The van der Waals surface area contributed by atoms with Crippen molar-refractivity contribution in [3.63, 3.8) is 0 Å². The van der Waals surface area contributed by atoms with E-state index in [1.807, 2.05) is 36.4 Å². The Balaban J connectivity index is 1.27. The van der Waals surface area contributed by atoms with Crippen LogP contribution in [-0.2, 0) is 0 Å². The third-order valence-corrected chi connectivity index (χ3v) is 6.17. The van der Waals surface area contributed by atoms with Crippen LogP contribution in [0.2, 0.25) is 0 Å². The molecule has 33 heavy (non-hydrogen) atoms. The number of nitrogens with zero attached hydrogens (tertiary/aromatic N) is 4. The Bertz CT molecular complexity index is 1170. The summed E-state index contributed by atoms with van der Waals surface area (Å²) in [5.74, 6) is 3.88. The molecule has 1 aromatic heterocycles. The molecule has 9 heteroatoms. The lowest BCUT2D eigenvalue weighted by atomic mass is 10.1. The first-order valence-electron chi connectivity index (χ1n) is 11.1. The third-order valence-electron chi connectivity index (χ3n) is 6.17. The lowest BCUT2D eigenvalue weighted by Gasteiger charge is -2.42. The Morgan fingerprint density at radius 2 is 1.70 bits per heavy atom. The summed E-state index contributed by atoms with van der Waals surface area (Å²) in [6.45, 7) is 6.75. The fourth-order valence-corrected chi connectivity index (χ4v) is 4.44. The average molecular weight is 452 g/mol. The molecule has 0 aliphatic carbocycles. The number of fused-ring (bicyclic) bond motifs is 2. The molecule has 9 nitrogen and oxygen atoms in total. The lowest BCUT2D eigenvalue weighted by molar-refractivity contribution is -0.0207. The van der Waals surface area contributed by atoms with Gasteiger partial charge in [0.25, 0.3) is 0 Å². The first-order chi connectivity index (χ1) is 16.0. The molecule has 3 aromatic rings. The van der Waals surface area contributed by atoms with Gasteiger partial charge in [-0.3, -0.25) is 4.90 Å². The molecular weight excluding hydrogens is 422 g/mol. The number of methoxy groups -OCH3 is 2. The maximum absolute atomic E-state index is 6.29. The van der Waals surface area contributed by atoms with Crippen molar-refractivity contribution >= 4 is 22.7 Å². The molecule has 2 N–H and O–H groups in total. The summed E-state index contributed by atoms with van der Waals surface area (Å²) in [5, 5.41) is 0.748. The second-order valence-electron chi connectivity index (χ2n) is 8.68. The van der Waals surface area contributed by atoms with Crippen molar-refractivity contribution in [3.05, 3.63) is 36.4 Å². The summed E-state index contributed by atoms with van der Waals surface area (Å²) >= 11 is 0. The van der Waals surface area contributed by atoms with E-state index in [0.29, 0.717) is 29.9 Å². The first kappa shape index (κ1) is 21.4. The number of hydrogen-bond acceptors (Lipinski definition) is 9. The molecule has 1 fully saturated rings. The van der Waals surface area contributed by atoms with Crippen LogP contribution in [0.5, 0.6) is 23.0 Å². The zero-order valence-electron chi connectivity index (χ0n) is 19.2. The highest BCUT2D eigenvalue weighted by Gasteiger charge is 2.36. The fraction of sp³-hybridized carbons (Fsp3) is 0.417. The van der Waals surface area contributed by atoms with Crippen LogP contribution in [0.25, 0.3) is 10.9 Å². The summed E-state index contributed by atoms with van der Waals surface area (Å²) < 4.78 is 23.0. The molecule has 0 bridgehead atoms. The van der Waals surface area contributed by atoms with Crippen molar-refractivity contribution in [1.29, 1.82) is 0 Å². The van der Waals surface area contributed by atoms with Gasteiger partial charge >= 0.3 is 0 Å². The molecule has 0 spiro atoms.